The molecule has 1 fully saturated rings. The maximum atomic E-state index is 5.68. The second kappa shape index (κ2) is 4.43. The average molecular weight is 259 g/mol. The molecule has 1 aromatic heterocycles. The van der Waals surface area contributed by atoms with E-state index in [2.05, 4.69) is 29.4 Å². The molecule has 1 aromatic rings. The van der Waals surface area contributed by atoms with Gasteiger partial charge in [0, 0.05) is 18.1 Å². The van der Waals surface area contributed by atoms with Crippen LogP contribution in [0.3, 0.4) is 0 Å². The number of anilines is 1. The smallest absolute Gasteiger partial charge is 0.204 e. The van der Waals surface area contributed by atoms with E-state index >= 15 is 0 Å². The van der Waals surface area contributed by atoms with Gasteiger partial charge in [0.25, 0.3) is 0 Å². The van der Waals surface area contributed by atoms with Crippen molar-refractivity contribution in [2.24, 2.45) is 5.41 Å². The van der Waals surface area contributed by atoms with Crippen LogP contribution in [-0.4, -0.2) is 29.0 Å². The number of nitrogens with one attached hydrogen (secondary N) is 2. The Bertz CT molecular complexity index is 412. The van der Waals surface area contributed by atoms with E-state index in [-0.39, 0.29) is 5.41 Å². The van der Waals surface area contributed by atoms with Crippen LogP contribution in [0.15, 0.2) is 0 Å². The van der Waals surface area contributed by atoms with Gasteiger partial charge in [-0.15, -0.1) is 5.10 Å². The lowest BCUT2D eigenvalue weighted by molar-refractivity contribution is -0.0976. The minimum absolute atomic E-state index is 0.156. The summed E-state index contributed by atoms with van der Waals surface area (Å²) >= 11 is 6.47. The summed E-state index contributed by atoms with van der Waals surface area (Å²) in [4.78, 5) is 0. The molecule has 0 spiro atoms. The van der Waals surface area contributed by atoms with Crippen LogP contribution in [0.2, 0.25) is 0 Å². The maximum Gasteiger partial charge on any atom is 0.204 e. The number of hydrogen-bond donors (Lipinski definition) is 2. The lowest BCUT2D eigenvalue weighted by Gasteiger charge is -2.51. The number of aromatic amines is 1. The van der Waals surface area contributed by atoms with Crippen LogP contribution in [0, 0.1) is 9.37 Å². The van der Waals surface area contributed by atoms with E-state index in [4.69, 9.17) is 17.0 Å². The van der Waals surface area contributed by atoms with Crippen molar-refractivity contribution < 1.29 is 4.74 Å². The van der Waals surface area contributed by atoms with Gasteiger partial charge in [-0.3, -0.25) is 5.10 Å². The normalized spacial score (nSPS) is 27.4. The van der Waals surface area contributed by atoms with Crippen LogP contribution in [0.1, 0.15) is 27.2 Å². The predicted molar refractivity (Wildman–Crippen MR) is 68.5 cm³/mol. The zero-order valence-corrected chi connectivity index (χ0v) is 11.4. The molecule has 0 radical (unpaired) electrons. The van der Waals surface area contributed by atoms with Gasteiger partial charge in [0.15, 0.2) is 3.95 Å². The van der Waals surface area contributed by atoms with E-state index in [0.717, 1.165) is 18.2 Å². The molecule has 0 aromatic carbocycles. The standard InChI is InChI=1S/C10H17N3OS2/c1-4-14-7-5-6(10(7,2)3)11-8-12-13-9(15)16-8/h6-7H,4-5H2,1-3H3,(H,11,12)(H,13,15). The van der Waals surface area contributed by atoms with Crippen molar-refractivity contribution in [3.63, 3.8) is 0 Å². The quantitative estimate of drug-likeness (QED) is 0.816. The van der Waals surface area contributed by atoms with Gasteiger partial charge < -0.3 is 10.1 Å². The fourth-order valence-electron chi connectivity index (χ4n) is 2.06. The summed E-state index contributed by atoms with van der Waals surface area (Å²) in [5.74, 6) is 0. The first-order valence-electron chi connectivity index (χ1n) is 5.47. The van der Waals surface area contributed by atoms with Crippen LogP contribution in [0.5, 0.6) is 0 Å². The highest BCUT2D eigenvalue weighted by atomic mass is 32.1. The van der Waals surface area contributed by atoms with Gasteiger partial charge in [-0.2, -0.15) is 0 Å². The Hall–Kier alpha value is -0.460. The number of aromatic nitrogens is 2. The van der Waals surface area contributed by atoms with Gasteiger partial charge in [-0.05, 0) is 25.6 Å². The Morgan fingerprint density at radius 3 is 2.94 bits per heavy atom. The number of rotatable bonds is 4. The van der Waals surface area contributed by atoms with Gasteiger partial charge >= 0.3 is 0 Å². The molecule has 0 amide bonds. The first kappa shape index (κ1) is 12.0. The summed E-state index contributed by atoms with van der Waals surface area (Å²) in [5.41, 5.74) is 0.156. The van der Waals surface area contributed by atoms with Crippen LogP contribution in [0.4, 0.5) is 5.13 Å². The van der Waals surface area contributed by atoms with Crippen LogP contribution >= 0.6 is 23.6 Å². The third-order valence-corrected chi connectivity index (χ3v) is 4.30. The first-order chi connectivity index (χ1) is 7.54. The Morgan fingerprint density at radius 1 is 1.69 bits per heavy atom. The van der Waals surface area contributed by atoms with E-state index < -0.39 is 0 Å². The van der Waals surface area contributed by atoms with Gasteiger partial charge in [-0.1, -0.05) is 25.2 Å². The zero-order valence-electron chi connectivity index (χ0n) is 9.74. The molecule has 2 unspecified atom stereocenters. The van der Waals surface area contributed by atoms with Crippen molar-refractivity contribution in [2.75, 3.05) is 11.9 Å². The van der Waals surface area contributed by atoms with Gasteiger partial charge in [-0.25, -0.2) is 0 Å². The molecule has 2 N–H and O–H groups in total. The molecule has 2 rings (SSSR count). The van der Waals surface area contributed by atoms with Crippen molar-refractivity contribution in [3.05, 3.63) is 3.95 Å². The molecule has 1 aliphatic carbocycles. The van der Waals surface area contributed by atoms with E-state index in [1.54, 1.807) is 0 Å². The molecule has 1 saturated carbocycles. The largest absolute Gasteiger partial charge is 0.378 e. The van der Waals surface area contributed by atoms with Crippen molar-refractivity contribution in [1.82, 2.24) is 10.2 Å². The van der Waals surface area contributed by atoms with Crippen LogP contribution in [-0.2, 0) is 4.74 Å². The SMILES string of the molecule is CCOC1CC(Nc2n[nH]c(=S)s2)C1(C)C. The Balaban J connectivity index is 1.96. The summed E-state index contributed by atoms with van der Waals surface area (Å²) in [6, 6.07) is 0.415. The molecule has 6 heteroatoms. The fraction of sp³-hybridized carbons (Fsp3) is 0.800. The molecular weight excluding hydrogens is 242 g/mol. The van der Waals surface area contributed by atoms with Crippen molar-refractivity contribution in [3.8, 4) is 0 Å². The molecule has 1 heterocycles. The van der Waals surface area contributed by atoms with Gasteiger partial charge in [0.2, 0.25) is 5.13 Å². The zero-order chi connectivity index (χ0) is 11.8. The molecule has 1 aliphatic rings. The molecule has 0 aliphatic heterocycles. The highest BCUT2D eigenvalue weighted by Gasteiger charge is 2.49. The second-order valence-corrected chi connectivity index (χ2v) is 6.28. The van der Waals surface area contributed by atoms with E-state index in [9.17, 15) is 0 Å². The fourth-order valence-corrected chi connectivity index (χ4v) is 2.90. The number of nitrogens with zero attached hydrogens (tertiary/aromatic N) is 1. The third-order valence-electron chi connectivity index (χ3n) is 3.28. The van der Waals surface area contributed by atoms with Crippen molar-refractivity contribution in [2.45, 2.75) is 39.3 Å². The summed E-state index contributed by atoms with van der Waals surface area (Å²) in [5, 5.41) is 11.2. The summed E-state index contributed by atoms with van der Waals surface area (Å²) in [6.07, 6.45) is 1.38. The monoisotopic (exact) mass is 259 g/mol. The minimum Gasteiger partial charge on any atom is -0.378 e. The van der Waals surface area contributed by atoms with E-state index in [0.29, 0.717) is 16.1 Å². The molecule has 0 bridgehead atoms. The Kier molecular flexibility index (Phi) is 3.32. The number of hydrogen-bond acceptors (Lipinski definition) is 5. The maximum absolute atomic E-state index is 5.68. The second-order valence-electron chi connectivity index (χ2n) is 4.62. The number of H-pyrrole nitrogens is 1. The highest BCUT2D eigenvalue weighted by Crippen LogP contribution is 2.44. The summed E-state index contributed by atoms with van der Waals surface area (Å²) in [7, 11) is 0. The molecule has 90 valence electrons. The molecule has 4 nitrogen and oxygen atoms in total. The average Bonchev–Trinajstić information content (AvgIpc) is 2.63. The van der Waals surface area contributed by atoms with E-state index in [1.807, 2.05) is 6.92 Å². The third kappa shape index (κ3) is 2.14. The molecular formula is C10H17N3OS2. The van der Waals surface area contributed by atoms with Gasteiger partial charge in [0.1, 0.15) is 0 Å². The lowest BCUT2D eigenvalue weighted by Crippen LogP contribution is -2.58. The first-order valence-corrected chi connectivity index (χ1v) is 6.70. The Morgan fingerprint density at radius 2 is 2.44 bits per heavy atom. The van der Waals surface area contributed by atoms with Crippen molar-refractivity contribution in [1.29, 1.82) is 0 Å². The van der Waals surface area contributed by atoms with Crippen LogP contribution < -0.4 is 5.32 Å². The highest BCUT2D eigenvalue weighted by molar-refractivity contribution is 7.73. The van der Waals surface area contributed by atoms with Crippen LogP contribution in [0.25, 0.3) is 0 Å². The predicted octanol–water partition coefficient (Wildman–Crippen LogP) is 2.82. The number of ether oxygens (including phenoxy) is 1. The van der Waals surface area contributed by atoms with E-state index in [1.165, 1.54) is 11.3 Å². The molecule has 2 atom stereocenters. The van der Waals surface area contributed by atoms with Gasteiger partial charge in [0.05, 0.1) is 6.10 Å². The minimum atomic E-state index is 0.156. The lowest BCUT2D eigenvalue weighted by atomic mass is 9.64. The summed E-state index contributed by atoms with van der Waals surface area (Å²) in [6.45, 7) is 7.26. The molecule has 0 saturated heterocycles. The summed E-state index contributed by atoms with van der Waals surface area (Å²) < 4.78 is 6.39. The van der Waals surface area contributed by atoms with Crippen molar-refractivity contribution >= 4 is 28.7 Å². The Labute approximate surface area is 104 Å². The topological polar surface area (TPSA) is 49.9 Å². The molecule has 16 heavy (non-hydrogen) atoms.